The fourth-order valence-corrected chi connectivity index (χ4v) is 6.90. The van der Waals surface area contributed by atoms with Crippen LogP contribution in [0.2, 0.25) is 0 Å². The number of rotatable bonds is 7. The van der Waals surface area contributed by atoms with Gasteiger partial charge in [0.05, 0.1) is 5.56 Å². The van der Waals surface area contributed by atoms with Gasteiger partial charge in [-0.1, -0.05) is 25.3 Å². The van der Waals surface area contributed by atoms with Gasteiger partial charge in [-0.15, -0.1) is 0 Å². The first kappa shape index (κ1) is 27.8. The first-order valence-corrected chi connectivity index (χ1v) is 14.9. The van der Waals surface area contributed by atoms with Crippen LogP contribution in [0.1, 0.15) is 81.8 Å². The Labute approximate surface area is 220 Å². The van der Waals surface area contributed by atoms with E-state index in [9.17, 15) is 13.2 Å². The van der Waals surface area contributed by atoms with Gasteiger partial charge in [0.15, 0.2) is 0 Å². The number of halogens is 1. The van der Waals surface area contributed by atoms with E-state index in [0.717, 1.165) is 43.6 Å². The topological polar surface area (TPSA) is 89.4 Å². The molecule has 2 fully saturated rings. The molecule has 2 aromatic rings. The predicted molar refractivity (Wildman–Crippen MR) is 143 cm³/mol. The van der Waals surface area contributed by atoms with Crippen LogP contribution in [0.4, 0.5) is 4.39 Å². The zero-order valence-electron chi connectivity index (χ0n) is 22.4. The molecule has 0 unspecified atom stereocenters. The molecule has 2 N–H and O–H groups in total. The fraction of sp³-hybridized carbons (Fsp3) is 0.607. The number of nitrogens with one attached hydrogen (secondary N) is 2. The van der Waals surface area contributed by atoms with Gasteiger partial charge in [-0.3, -0.25) is 4.79 Å². The van der Waals surface area contributed by atoms with E-state index in [-0.39, 0.29) is 16.8 Å². The van der Waals surface area contributed by atoms with Gasteiger partial charge < -0.3 is 14.6 Å². The average molecular weight is 534 g/mol. The number of benzene rings is 1. The second-order valence-corrected chi connectivity index (χ2v) is 13.2. The van der Waals surface area contributed by atoms with Crippen LogP contribution in [0.25, 0.3) is 11.3 Å². The fourth-order valence-electron chi connectivity index (χ4n) is 5.42. The van der Waals surface area contributed by atoms with Crippen molar-refractivity contribution in [3.8, 4) is 11.3 Å². The van der Waals surface area contributed by atoms with Gasteiger partial charge in [0.1, 0.15) is 10.7 Å². The Morgan fingerprint density at radius 3 is 2.38 bits per heavy atom. The number of sulfonamides is 1. The lowest BCUT2D eigenvalue weighted by atomic mass is 9.89. The Morgan fingerprint density at radius 2 is 1.76 bits per heavy atom. The van der Waals surface area contributed by atoms with Crippen LogP contribution in [0.15, 0.2) is 29.2 Å². The van der Waals surface area contributed by atoms with Crippen LogP contribution in [0.5, 0.6) is 0 Å². The van der Waals surface area contributed by atoms with Gasteiger partial charge in [-0.2, -0.15) is 0 Å². The summed E-state index contributed by atoms with van der Waals surface area (Å²) in [7, 11) is -4.02. The van der Waals surface area contributed by atoms with Crippen molar-refractivity contribution in [1.82, 2.24) is 14.6 Å². The number of hydrogen-bond acceptors (Lipinski definition) is 4. The SMILES string of the molecule is Cc1c(C(=O)NC2CCOCC2)cc(-c2ccc(S(=O)(=O)NC(C)(C)C)c(F)c2)n1CC1CCCCC1. The summed E-state index contributed by atoms with van der Waals surface area (Å²) >= 11 is 0. The van der Waals surface area contributed by atoms with Crippen molar-refractivity contribution in [2.75, 3.05) is 13.2 Å². The molecular formula is C28H40FN3O4S. The van der Waals surface area contributed by atoms with Gasteiger partial charge in [0, 0.05) is 48.3 Å². The second-order valence-electron chi connectivity index (χ2n) is 11.5. The molecule has 2 aliphatic rings. The molecule has 0 spiro atoms. The molecule has 0 radical (unpaired) electrons. The lowest BCUT2D eigenvalue weighted by Crippen LogP contribution is -2.40. The summed E-state index contributed by atoms with van der Waals surface area (Å²) in [5.74, 6) is -0.460. The normalized spacial score (nSPS) is 18.2. The van der Waals surface area contributed by atoms with E-state index in [2.05, 4.69) is 14.6 Å². The minimum Gasteiger partial charge on any atom is -0.381 e. The molecule has 4 rings (SSSR count). The standard InChI is InChI=1S/C28H40FN3O4S/c1-19-23(27(33)30-22-12-14-36-15-13-22)17-25(32(19)18-20-8-6-5-7-9-20)21-10-11-26(24(29)16-21)37(34,35)31-28(2,3)4/h10-11,16-17,20,22,31H,5-9,12-15,18H2,1-4H3,(H,30,33). The number of hydrogen-bond donors (Lipinski definition) is 2. The number of carbonyl (C=O) groups is 1. The van der Waals surface area contributed by atoms with Crippen LogP contribution in [0, 0.1) is 18.7 Å². The molecule has 7 nitrogen and oxygen atoms in total. The number of carbonyl (C=O) groups excluding carboxylic acids is 1. The highest BCUT2D eigenvalue weighted by atomic mass is 32.2. The average Bonchev–Trinajstić information content (AvgIpc) is 3.14. The molecule has 0 bridgehead atoms. The van der Waals surface area contributed by atoms with E-state index in [1.165, 1.54) is 31.4 Å². The van der Waals surface area contributed by atoms with Crippen molar-refractivity contribution in [3.63, 3.8) is 0 Å². The monoisotopic (exact) mass is 533 g/mol. The predicted octanol–water partition coefficient (Wildman–Crippen LogP) is 5.17. The third-order valence-corrected chi connectivity index (χ3v) is 9.08. The molecule has 204 valence electrons. The van der Waals surface area contributed by atoms with Crippen molar-refractivity contribution in [1.29, 1.82) is 0 Å². The summed E-state index contributed by atoms with van der Waals surface area (Å²) in [4.78, 5) is 12.9. The Hall–Kier alpha value is -2.23. The zero-order chi connectivity index (χ0) is 26.8. The Bertz CT molecular complexity index is 1220. The lowest BCUT2D eigenvalue weighted by molar-refractivity contribution is 0.0696. The van der Waals surface area contributed by atoms with Crippen LogP contribution in [-0.4, -0.2) is 43.7 Å². The molecule has 1 aliphatic heterocycles. The quantitative estimate of drug-likeness (QED) is 0.514. The molecule has 1 aliphatic carbocycles. The van der Waals surface area contributed by atoms with E-state index in [4.69, 9.17) is 4.74 Å². The van der Waals surface area contributed by atoms with Crippen molar-refractivity contribution in [2.24, 2.45) is 5.92 Å². The maximum Gasteiger partial charge on any atom is 0.253 e. The maximum absolute atomic E-state index is 15.3. The maximum atomic E-state index is 15.3. The number of nitrogens with zero attached hydrogens (tertiary/aromatic N) is 1. The molecular weight excluding hydrogens is 493 g/mol. The number of aromatic nitrogens is 1. The second kappa shape index (κ2) is 11.3. The van der Waals surface area contributed by atoms with Crippen LogP contribution < -0.4 is 10.0 Å². The highest BCUT2D eigenvalue weighted by Gasteiger charge is 2.27. The van der Waals surface area contributed by atoms with E-state index in [0.29, 0.717) is 30.3 Å². The van der Waals surface area contributed by atoms with E-state index >= 15 is 4.39 Å². The van der Waals surface area contributed by atoms with Crippen molar-refractivity contribution in [2.45, 2.75) is 95.7 Å². The van der Waals surface area contributed by atoms with Gasteiger partial charge in [-0.25, -0.2) is 17.5 Å². The Kier molecular flexibility index (Phi) is 8.45. The van der Waals surface area contributed by atoms with Crippen molar-refractivity contribution >= 4 is 15.9 Å². The third kappa shape index (κ3) is 6.81. The molecule has 1 aromatic carbocycles. The van der Waals surface area contributed by atoms with Gasteiger partial charge in [0.2, 0.25) is 10.0 Å². The lowest BCUT2D eigenvalue weighted by Gasteiger charge is -2.25. The summed E-state index contributed by atoms with van der Waals surface area (Å²) in [6, 6.07) is 6.11. The summed E-state index contributed by atoms with van der Waals surface area (Å²) in [6.07, 6.45) is 7.46. The van der Waals surface area contributed by atoms with Crippen molar-refractivity contribution in [3.05, 3.63) is 41.3 Å². The zero-order valence-corrected chi connectivity index (χ0v) is 23.2. The highest BCUT2D eigenvalue weighted by Crippen LogP contribution is 2.33. The molecule has 1 saturated heterocycles. The first-order valence-electron chi connectivity index (χ1n) is 13.4. The molecule has 1 aromatic heterocycles. The van der Waals surface area contributed by atoms with Crippen molar-refractivity contribution < 1.29 is 22.3 Å². The summed E-state index contributed by atoms with van der Waals surface area (Å²) in [6.45, 7) is 9.10. The number of amides is 1. The van der Waals surface area contributed by atoms with E-state index in [1.807, 2.05) is 13.0 Å². The minimum atomic E-state index is -4.02. The highest BCUT2D eigenvalue weighted by molar-refractivity contribution is 7.89. The summed E-state index contributed by atoms with van der Waals surface area (Å²) in [5, 5.41) is 3.14. The first-order chi connectivity index (χ1) is 17.4. The third-order valence-electron chi connectivity index (χ3n) is 7.29. The summed E-state index contributed by atoms with van der Waals surface area (Å²) in [5.41, 5.74) is 1.96. The van der Waals surface area contributed by atoms with Gasteiger partial charge in [-0.05, 0) is 77.5 Å². The smallest absolute Gasteiger partial charge is 0.253 e. The Balaban J connectivity index is 1.69. The number of ether oxygens (including phenoxy) is 1. The molecule has 2 heterocycles. The van der Waals surface area contributed by atoms with E-state index in [1.54, 1.807) is 26.8 Å². The minimum absolute atomic E-state index is 0.0723. The molecule has 9 heteroatoms. The molecule has 37 heavy (non-hydrogen) atoms. The van der Waals surface area contributed by atoms with Gasteiger partial charge >= 0.3 is 0 Å². The van der Waals surface area contributed by atoms with Crippen LogP contribution in [0.3, 0.4) is 0 Å². The van der Waals surface area contributed by atoms with Gasteiger partial charge in [0.25, 0.3) is 5.91 Å². The largest absolute Gasteiger partial charge is 0.381 e. The molecule has 0 atom stereocenters. The van der Waals surface area contributed by atoms with E-state index < -0.39 is 21.4 Å². The van der Waals surface area contributed by atoms with Crippen LogP contribution in [-0.2, 0) is 21.3 Å². The molecule has 1 saturated carbocycles. The van der Waals surface area contributed by atoms with Crippen LogP contribution >= 0.6 is 0 Å². The summed E-state index contributed by atoms with van der Waals surface area (Å²) < 4.78 is 50.8. The molecule has 1 amide bonds. The Morgan fingerprint density at radius 1 is 1.08 bits per heavy atom.